The molecule has 1 heterocycles. The summed E-state index contributed by atoms with van der Waals surface area (Å²) in [5, 5.41) is 5.48. The molecule has 2 aromatic rings. The van der Waals surface area contributed by atoms with Crippen LogP contribution in [0.4, 0.5) is 0 Å². The molecule has 0 bridgehead atoms. The second-order valence-corrected chi connectivity index (χ2v) is 8.35. The molecule has 0 radical (unpaired) electrons. The summed E-state index contributed by atoms with van der Waals surface area (Å²) in [5.41, 5.74) is 1.83. The Morgan fingerprint density at radius 1 is 0.958 bits per heavy atom. The van der Waals surface area contributed by atoms with Gasteiger partial charge in [0.2, 0.25) is 0 Å². The van der Waals surface area contributed by atoms with Crippen LogP contribution in [0, 0.1) is 0 Å². The van der Waals surface area contributed by atoms with E-state index < -0.39 is 0 Å². The monoisotopic (exact) mass is 480 g/mol. The first-order valence-corrected chi connectivity index (χ1v) is 9.67. The summed E-state index contributed by atoms with van der Waals surface area (Å²) < 4.78 is 2.41. The van der Waals surface area contributed by atoms with Crippen LogP contribution in [0.3, 0.4) is 0 Å². The molecule has 1 amide bonds. The van der Waals surface area contributed by atoms with E-state index in [-0.39, 0.29) is 5.91 Å². The van der Waals surface area contributed by atoms with Gasteiger partial charge in [0.25, 0.3) is 5.91 Å². The third kappa shape index (κ3) is 4.22. The number of carbonyl (C=O) groups is 1. The van der Waals surface area contributed by atoms with E-state index in [9.17, 15) is 4.79 Å². The topological polar surface area (TPSA) is 32.7 Å². The summed E-state index contributed by atoms with van der Waals surface area (Å²) >= 11 is 13.3. The van der Waals surface area contributed by atoms with Gasteiger partial charge in [-0.15, -0.1) is 0 Å². The van der Waals surface area contributed by atoms with E-state index in [1.807, 2.05) is 54.6 Å². The van der Waals surface area contributed by atoms with Crippen LogP contribution < -0.4 is 0 Å². The summed E-state index contributed by atoms with van der Waals surface area (Å²) in [6, 6.07) is 15.4. The zero-order valence-corrected chi connectivity index (χ0v) is 17.0. The largest absolute Gasteiger partial charge is 0.286 e. The van der Waals surface area contributed by atoms with E-state index >= 15 is 0 Å². The predicted molar refractivity (Wildman–Crippen MR) is 111 cm³/mol. The highest BCUT2D eigenvalue weighted by Crippen LogP contribution is 2.32. The number of amides is 1. The van der Waals surface area contributed by atoms with Crippen molar-refractivity contribution in [3.05, 3.63) is 73.5 Å². The standard InChI is InChI=1S/C17H10Br2N2OS2/c18-13-5-1-11(2-6-13)9-15-16(22)21(17(23)24-15)20-10-12-3-7-14(19)8-4-12/h1-10H/b15-9+,20-10+. The van der Waals surface area contributed by atoms with Gasteiger partial charge < -0.3 is 0 Å². The molecular formula is C17H10Br2N2OS2. The highest BCUT2D eigenvalue weighted by molar-refractivity contribution is 9.10. The Bertz CT molecular complexity index is 846. The second-order valence-electron chi connectivity index (χ2n) is 4.84. The quantitative estimate of drug-likeness (QED) is 0.332. The van der Waals surface area contributed by atoms with Gasteiger partial charge in [0.05, 0.1) is 11.1 Å². The minimum Gasteiger partial charge on any atom is -0.266 e. The molecule has 0 aromatic heterocycles. The lowest BCUT2D eigenvalue weighted by molar-refractivity contribution is -0.122. The van der Waals surface area contributed by atoms with Gasteiger partial charge in [-0.05, 0) is 53.7 Å². The average molecular weight is 482 g/mol. The Hall–Kier alpha value is -1.28. The van der Waals surface area contributed by atoms with Crippen molar-refractivity contribution in [1.29, 1.82) is 0 Å². The summed E-state index contributed by atoms with van der Waals surface area (Å²) in [5.74, 6) is -0.207. The number of carbonyl (C=O) groups excluding carboxylic acids is 1. The minimum absolute atomic E-state index is 0.207. The first-order valence-electron chi connectivity index (χ1n) is 6.86. The van der Waals surface area contributed by atoms with Crippen LogP contribution in [-0.4, -0.2) is 21.5 Å². The van der Waals surface area contributed by atoms with Crippen molar-refractivity contribution in [1.82, 2.24) is 5.01 Å². The Kier molecular flexibility index (Phi) is 5.65. The third-order valence-electron chi connectivity index (χ3n) is 3.13. The number of hydrogen-bond donors (Lipinski definition) is 0. The molecule has 24 heavy (non-hydrogen) atoms. The molecule has 0 saturated carbocycles. The van der Waals surface area contributed by atoms with Crippen LogP contribution in [0.5, 0.6) is 0 Å². The van der Waals surface area contributed by atoms with E-state index in [4.69, 9.17) is 12.2 Å². The fourth-order valence-electron chi connectivity index (χ4n) is 1.94. The van der Waals surface area contributed by atoms with Crippen molar-refractivity contribution >= 4 is 78.4 Å². The Labute approximate surface area is 166 Å². The van der Waals surface area contributed by atoms with Crippen LogP contribution in [-0.2, 0) is 4.79 Å². The van der Waals surface area contributed by atoms with Crippen molar-refractivity contribution in [2.45, 2.75) is 0 Å². The predicted octanol–water partition coefficient (Wildman–Crippen LogP) is 5.45. The summed E-state index contributed by atoms with van der Waals surface area (Å²) in [7, 11) is 0. The molecule has 0 spiro atoms. The normalized spacial score (nSPS) is 16.6. The molecule has 3 nitrogen and oxygen atoms in total. The maximum Gasteiger partial charge on any atom is 0.286 e. The second kappa shape index (κ2) is 7.74. The van der Waals surface area contributed by atoms with E-state index in [1.54, 1.807) is 6.21 Å². The number of rotatable bonds is 3. The molecule has 1 aliphatic rings. The molecule has 1 aliphatic heterocycles. The number of thiocarbonyl (C=S) groups is 1. The smallest absolute Gasteiger partial charge is 0.266 e. The number of benzene rings is 2. The Morgan fingerprint density at radius 3 is 2.08 bits per heavy atom. The zero-order valence-electron chi connectivity index (χ0n) is 12.1. The fraction of sp³-hybridized carbons (Fsp3) is 0. The summed E-state index contributed by atoms with van der Waals surface area (Å²) in [6.07, 6.45) is 3.45. The van der Waals surface area contributed by atoms with Crippen LogP contribution in [0.15, 0.2) is 67.5 Å². The zero-order chi connectivity index (χ0) is 17.1. The molecule has 0 unspecified atom stereocenters. The van der Waals surface area contributed by atoms with Gasteiger partial charge in [0.15, 0.2) is 4.32 Å². The Morgan fingerprint density at radius 2 is 1.50 bits per heavy atom. The molecule has 3 rings (SSSR count). The van der Waals surface area contributed by atoms with Gasteiger partial charge in [0.1, 0.15) is 0 Å². The van der Waals surface area contributed by atoms with E-state index in [1.165, 1.54) is 16.8 Å². The van der Waals surface area contributed by atoms with Gasteiger partial charge >= 0.3 is 0 Å². The van der Waals surface area contributed by atoms with Crippen LogP contribution >= 0.6 is 55.8 Å². The lowest BCUT2D eigenvalue weighted by Gasteiger charge is -2.06. The molecule has 1 saturated heterocycles. The van der Waals surface area contributed by atoms with Crippen molar-refractivity contribution in [2.24, 2.45) is 5.10 Å². The molecule has 0 N–H and O–H groups in total. The van der Waals surface area contributed by atoms with Crippen LogP contribution in [0.1, 0.15) is 11.1 Å². The van der Waals surface area contributed by atoms with E-state index in [0.717, 1.165) is 20.1 Å². The third-order valence-corrected chi connectivity index (χ3v) is 5.47. The highest BCUT2D eigenvalue weighted by atomic mass is 79.9. The SMILES string of the molecule is O=C1/C(=C\c2ccc(Br)cc2)SC(=S)N1/N=C/c1ccc(Br)cc1. The number of nitrogens with zero attached hydrogens (tertiary/aromatic N) is 2. The molecular weight excluding hydrogens is 472 g/mol. The first-order chi connectivity index (χ1) is 11.5. The first kappa shape index (κ1) is 17.5. The molecule has 7 heteroatoms. The van der Waals surface area contributed by atoms with Crippen molar-refractivity contribution in [3.8, 4) is 0 Å². The van der Waals surface area contributed by atoms with Gasteiger partial charge in [-0.1, -0.05) is 67.9 Å². The van der Waals surface area contributed by atoms with E-state index in [0.29, 0.717) is 9.23 Å². The van der Waals surface area contributed by atoms with Gasteiger partial charge in [-0.2, -0.15) is 10.1 Å². The summed E-state index contributed by atoms with van der Waals surface area (Å²) in [4.78, 5) is 13.0. The van der Waals surface area contributed by atoms with Gasteiger partial charge in [0, 0.05) is 8.95 Å². The van der Waals surface area contributed by atoms with Gasteiger partial charge in [-0.25, -0.2) is 0 Å². The average Bonchev–Trinajstić information content (AvgIpc) is 2.83. The molecule has 2 aromatic carbocycles. The summed E-state index contributed by atoms with van der Waals surface area (Å²) in [6.45, 7) is 0. The van der Waals surface area contributed by atoms with Crippen LogP contribution in [0.2, 0.25) is 0 Å². The van der Waals surface area contributed by atoms with E-state index in [2.05, 4.69) is 37.0 Å². The number of hydrogen-bond acceptors (Lipinski definition) is 4. The molecule has 0 atom stereocenters. The fourth-order valence-corrected chi connectivity index (χ4v) is 3.64. The number of halogens is 2. The number of hydrazone groups is 1. The molecule has 120 valence electrons. The van der Waals surface area contributed by atoms with Crippen LogP contribution in [0.25, 0.3) is 6.08 Å². The lowest BCUT2D eigenvalue weighted by Crippen LogP contribution is -2.22. The number of thioether (sulfide) groups is 1. The highest BCUT2D eigenvalue weighted by Gasteiger charge is 2.31. The lowest BCUT2D eigenvalue weighted by atomic mass is 10.2. The van der Waals surface area contributed by atoms with Crippen molar-refractivity contribution < 1.29 is 4.79 Å². The van der Waals surface area contributed by atoms with Crippen molar-refractivity contribution in [2.75, 3.05) is 0 Å². The Balaban J connectivity index is 1.78. The molecule has 0 aliphatic carbocycles. The maximum absolute atomic E-state index is 12.5. The molecule has 1 fully saturated rings. The minimum atomic E-state index is -0.207. The maximum atomic E-state index is 12.5. The van der Waals surface area contributed by atoms with Gasteiger partial charge in [-0.3, -0.25) is 4.79 Å². The van der Waals surface area contributed by atoms with Crippen molar-refractivity contribution in [3.63, 3.8) is 0 Å².